The number of rotatable bonds is 14. The minimum atomic E-state index is -3.36. The average Bonchev–Trinajstić information content (AvgIpc) is 3.51. The van der Waals surface area contributed by atoms with Crippen molar-refractivity contribution in [3.63, 3.8) is 0 Å². The van der Waals surface area contributed by atoms with Crippen molar-refractivity contribution in [2.24, 2.45) is 0 Å². The Hall–Kier alpha value is -5.29. The highest BCUT2D eigenvalue weighted by molar-refractivity contribution is 6.07. The minimum absolute atomic E-state index is 0.0493. The first kappa shape index (κ1) is 41.9. The summed E-state index contributed by atoms with van der Waals surface area (Å²) in [7, 11) is 2.93. The molecule has 15 nitrogen and oxygen atoms in total. The van der Waals surface area contributed by atoms with Gasteiger partial charge in [0.05, 0.1) is 51.0 Å². The third-order valence-electron chi connectivity index (χ3n) is 9.45. The zero-order chi connectivity index (χ0) is 40.6. The van der Waals surface area contributed by atoms with Gasteiger partial charge in [0, 0.05) is 57.3 Å². The summed E-state index contributed by atoms with van der Waals surface area (Å²) in [4.78, 5) is 60.8. The van der Waals surface area contributed by atoms with Crippen LogP contribution in [0, 0.1) is 0 Å². The largest absolute Gasteiger partial charge is 0.494 e. The molecule has 0 radical (unpaired) electrons. The molecule has 0 spiro atoms. The molecule has 1 aromatic heterocycles. The number of aliphatic hydroxyl groups excluding tert-OH is 1. The van der Waals surface area contributed by atoms with E-state index < -0.39 is 60.9 Å². The second-order valence-corrected chi connectivity index (χ2v) is 14.7. The molecule has 3 aromatic rings. The number of amides is 4. The summed E-state index contributed by atoms with van der Waals surface area (Å²) < 4.78 is 51.1. The first-order valence-corrected chi connectivity index (χ1v) is 18.4. The Morgan fingerprint density at radius 1 is 0.982 bits per heavy atom. The van der Waals surface area contributed by atoms with Crippen LogP contribution in [0.5, 0.6) is 17.2 Å². The number of hydrogen-bond acceptors (Lipinski definition) is 11. The van der Waals surface area contributed by atoms with Gasteiger partial charge in [-0.15, -0.1) is 0 Å². The van der Waals surface area contributed by atoms with E-state index >= 15 is 0 Å². The molecule has 2 aliphatic heterocycles. The number of nitrogens with one attached hydrogen (secondary N) is 2. The molecular formula is C39H50F2N6O9. The van der Waals surface area contributed by atoms with Crippen LogP contribution in [-0.2, 0) is 20.9 Å². The topological polar surface area (TPSA) is 172 Å². The van der Waals surface area contributed by atoms with Crippen LogP contribution in [0.1, 0.15) is 49.5 Å². The predicted molar refractivity (Wildman–Crippen MR) is 201 cm³/mol. The molecule has 1 unspecified atom stereocenters. The van der Waals surface area contributed by atoms with Crippen molar-refractivity contribution in [2.75, 3.05) is 66.6 Å². The number of aromatic nitrogens is 1. The van der Waals surface area contributed by atoms with Crippen LogP contribution >= 0.6 is 0 Å². The van der Waals surface area contributed by atoms with Crippen molar-refractivity contribution in [1.29, 1.82) is 0 Å². The summed E-state index contributed by atoms with van der Waals surface area (Å²) in [5.41, 5.74) is 0.745. The van der Waals surface area contributed by atoms with Gasteiger partial charge >= 0.3 is 6.09 Å². The zero-order valence-corrected chi connectivity index (χ0v) is 32.3. The maximum absolute atomic E-state index is 14.6. The van der Waals surface area contributed by atoms with Crippen molar-refractivity contribution in [3.8, 4) is 17.2 Å². The van der Waals surface area contributed by atoms with E-state index in [0.29, 0.717) is 53.4 Å². The number of carbonyl (C=O) groups excluding carboxylic acids is 4. The summed E-state index contributed by atoms with van der Waals surface area (Å²) in [5.74, 6) is -4.44. The first-order valence-electron chi connectivity index (χ1n) is 18.4. The van der Waals surface area contributed by atoms with Crippen LogP contribution in [0.25, 0.3) is 10.9 Å². The highest BCUT2D eigenvalue weighted by atomic mass is 19.3. The lowest BCUT2D eigenvalue weighted by molar-refractivity contribution is -0.139. The molecule has 0 aliphatic carbocycles. The lowest BCUT2D eigenvalue weighted by Gasteiger charge is -2.35. The summed E-state index contributed by atoms with van der Waals surface area (Å²) >= 11 is 0. The standard InChI is InChI=1S/C39H50F2N6O9/c1-38(2,3)56-37(52)46-16-14-45(15-17-46)13-6-18-55-26-8-9-29-28(20-26)27(11-12-42-29)35(50)44-23-33(48)47-24-39(40,41)21-30(47)34(49)36(51)43-22-25-7-10-31(53-4)32(19-25)54-5/h7-12,19-20,30,34,49H,6,13-18,21-24H2,1-5H3,(H,43,51)(H,44,50)/t30-,34?/m0/s1. The number of aliphatic hydroxyl groups is 1. The van der Waals surface area contributed by atoms with Gasteiger partial charge in [0.15, 0.2) is 17.6 Å². The number of carbonyl (C=O) groups is 4. The lowest BCUT2D eigenvalue weighted by atomic mass is 10.1. The normalized spacial score (nSPS) is 17.6. The molecule has 2 aliphatic rings. The molecular weight excluding hydrogens is 734 g/mol. The van der Waals surface area contributed by atoms with Gasteiger partial charge in [-0.05, 0) is 69.2 Å². The Balaban J connectivity index is 1.12. The molecule has 5 rings (SSSR count). The molecule has 2 aromatic carbocycles. The van der Waals surface area contributed by atoms with E-state index in [4.69, 9.17) is 18.9 Å². The van der Waals surface area contributed by atoms with E-state index in [9.17, 15) is 33.1 Å². The molecule has 17 heteroatoms. The summed E-state index contributed by atoms with van der Waals surface area (Å²) in [6, 6.07) is 9.99. The van der Waals surface area contributed by atoms with Gasteiger partial charge in [0.1, 0.15) is 11.4 Å². The van der Waals surface area contributed by atoms with E-state index in [1.807, 2.05) is 20.8 Å². The van der Waals surface area contributed by atoms with Gasteiger partial charge in [-0.25, -0.2) is 13.6 Å². The van der Waals surface area contributed by atoms with Gasteiger partial charge in [-0.1, -0.05) is 6.07 Å². The molecule has 0 bridgehead atoms. The van der Waals surface area contributed by atoms with Crippen molar-refractivity contribution in [2.45, 2.75) is 63.8 Å². The Bertz CT molecular complexity index is 1880. The molecule has 2 fully saturated rings. The van der Waals surface area contributed by atoms with E-state index in [1.165, 1.54) is 26.5 Å². The van der Waals surface area contributed by atoms with E-state index in [2.05, 4.69) is 20.5 Å². The number of alkyl halides is 2. The van der Waals surface area contributed by atoms with Gasteiger partial charge in [0.2, 0.25) is 5.91 Å². The van der Waals surface area contributed by atoms with Crippen molar-refractivity contribution in [3.05, 3.63) is 59.8 Å². The zero-order valence-electron chi connectivity index (χ0n) is 32.3. The summed E-state index contributed by atoms with van der Waals surface area (Å²) in [6.07, 6.45) is -1.04. The van der Waals surface area contributed by atoms with Crippen molar-refractivity contribution in [1.82, 2.24) is 30.3 Å². The SMILES string of the molecule is COc1ccc(CNC(=O)C(O)[C@@H]2CC(F)(F)CN2C(=O)CNC(=O)c2ccnc3ccc(OCCCN4CCN(C(=O)OC(C)(C)C)CC4)cc23)cc1OC. The number of halogens is 2. The monoisotopic (exact) mass is 784 g/mol. The maximum atomic E-state index is 14.6. The Labute approximate surface area is 324 Å². The number of nitrogens with zero attached hydrogens (tertiary/aromatic N) is 4. The quantitative estimate of drug-likeness (QED) is 0.205. The summed E-state index contributed by atoms with van der Waals surface area (Å²) in [5, 5.41) is 16.3. The second kappa shape index (κ2) is 18.1. The molecule has 304 valence electrons. The Morgan fingerprint density at radius 3 is 2.41 bits per heavy atom. The van der Waals surface area contributed by atoms with Crippen LogP contribution in [0.4, 0.5) is 13.6 Å². The molecule has 2 saturated heterocycles. The number of ether oxygens (including phenoxy) is 4. The van der Waals surface area contributed by atoms with Crippen LogP contribution in [0.15, 0.2) is 48.7 Å². The molecule has 3 N–H and O–H groups in total. The van der Waals surface area contributed by atoms with E-state index in [0.717, 1.165) is 31.0 Å². The van der Waals surface area contributed by atoms with Gasteiger partial charge in [-0.2, -0.15) is 0 Å². The molecule has 0 saturated carbocycles. The highest BCUT2D eigenvalue weighted by Gasteiger charge is 2.51. The van der Waals surface area contributed by atoms with Gasteiger partial charge in [0.25, 0.3) is 17.7 Å². The average molecular weight is 785 g/mol. The van der Waals surface area contributed by atoms with Crippen molar-refractivity contribution < 1.29 is 52.0 Å². The third-order valence-corrected chi connectivity index (χ3v) is 9.45. The lowest BCUT2D eigenvalue weighted by Crippen LogP contribution is -2.51. The molecule has 2 atom stereocenters. The highest BCUT2D eigenvalue weighted by Crippen LogP contribution is 2.34. The van der Waals surface area contributed by atoms with E-state index in [-0.39, 0.29) is 18.2 Å². The fourth-order valence-electron chi connectivity index (χ4n) is 6.59. The van der Waals surface area contributed by atoms with Crippen LogP contribution in [0.3, 0.4) is 0 Å². The number of hydrogen-bond donors (Lipinski definition) is 3. The van der Waals surface area contributed by atoms with Crippen LogP contribution in [0.2, 0.25) is 0 Å². The fourth-order valence-corrected chi connectivity index (χ4v) is 6.59. The summed E-state index contributed by atoms with van der Waals surface area (Å²) in [6.45, 7) is 7.57. The molecule has 4 amide bonds. The molecule has 56 heavy (non-hydrogen) atoms. The number of pyridine rings is 1. The van der Waals surface area contributed by atoms with Crippen LogP contribution < -0.4 is 24.8 Å². The van der Waals surface area contributed by atoms with Crippen LogP contribution in [-0.4, -0.2) is 139 Å². The fraction of sp³-hybridized carbons (Fsp3) is 0.513. The van der Waals surface area contributed by atoms with Gasteiger partial charge in [-0.3, -0.25) is 24.3 Å². The molecule has 3 heterocycles. The first-order chi connectivity index (χ1) is 26.6. The number of likely N-dealkylation sites (tertiary alicyclic amines) is 1. The third kappa shape index (κ3) is 10.9. The Morgan fingerprint density at radius 2 is 1.71 bits per heavy atom. The number of methoxy groups -OCH3 is 2. The number of piperazine rings is 1. The Kier molecular flexibility index (Phi) is 13.5. The minimum Gasteiger partial charge on any atom is -0.494 e. The smallest absolute Gasteiger partial charge is 0.410 e. The number of fused-ring (bicyclic) bond motifs is 1. The van der Waals surface area contributed by atoms with E-state index in [1.54, 1.807) is 41.3 Å². The maximum Gasteiger partial charge on any atom is 0.410 e. The van der Waals surface area contributed by atoms with Gasteiger partial charge < -0.3 is 44.5 Å². The van der Waals surface area contributed by atoms with Crippen molar-refractivity contribution >= 4 is 34.7 Å². The second-order valence-electron chi connectivity index (χ2n) is 14.7. The predicted octanol–water partition coefficient (Wildman–Crippen LogP) is 3.22. The number of benzene rings is 2.